The zero-order chi connectivity index (χ0) is 15.2. The van der Waals surface area contributed by atoms with Gasteiger partial charge in [-0.15, -0.1) is 0 Å². The number of benzene rings is 2. The van der Waals surface area contributed by atoms with Gasteiger partial charge in [0.15, 0.2) is 0 Å². The number of hydrogen-bond donors (Lipinski definition) is 0. The highest BCUT2D eigenvalue weighted by Crippen LogP contribution is 2.32. The van der Waals surface area contributed by atoms with E-state index in [2.05, 4.69) is 64.1 Å². The first-order valence-electron chi connectivity index (χ1n) is 8.14. The van der Waals surface area contributed by atoms with E-state index in [-0.39, 0.29) is 0 Å². The Bertz CT molecular complexity index is 545. The summed E-state index contributed by atoms with van der Waals surface area (Å²) in [4.78, 5) is 0. The highest BCUT2D eigenvalue weighted by Gasteiger charge is 2.11. The Morgan fingerprint density at radius 3 is 1.38 bits per heavy atom. The molecule has 0 amide bonds. The van der Waals surface area contributed by atoms with Crippen molar-refractivity contribution in [2.24, 2.45) is 0 Å². The minimum absolute atomic E-state index is 1.01. The fraction of sp³-hybridized carbons (Fsp3) is 0.400. The number of rotatable bonds is 6. The molecule has 21 heavy (non-hydrogen) atoms. The fourth-order valence-electron chi connectivity index (χ4n) is 3.00. The topological polar surface area (TPSA) is 9.23 Å². The van der Waals surface area contributed by atoms with Crippen LogP contribution in [0.15, 0.2) is 36.4 Å². The summed E-state index contributed by atoms with van der Waals surface area (Å²) in [5.41, 5.74) is 5.45. The van der Waals surface area contributed by atoms with E-state index in [0.717, 1.165) is 37.2 Å². The second-order valence-electron chi connectivity index (χ2n) is 5.30. The third kappa shape index (κ3) is 3.29. The standard InChI is InChI=1S/C20H26O/c1-5-15-11-9-13-19(17(15)7-3)21-20-14-10-12-16(6-2)18(20)8-4/h9-14H,5-8H2,1-4H3. The van der Waals surface area contributed by atoms with Crippen LogP contribution in [-0.2, 0) is 25.7 Å². The third-order valence-corrected chi connectivity index (χ3v) is 4.15. The summed E-state index contributed by atoms with van der Waals surface area (Å²) in [6, 6.07) is 12.8. The molecule has 2 aromatic carbocycles. The first kappa shape index (κ1) is 15.6. The molecule has 0 bridgehead atoms. The van der Waals surface area contributed by atoms with Crippen molar-refractivity contribution in [2.75, 3.05) is 0 Å². The molecule has 0 aromatic heterocycles. The Labute approximate surface area is 129 Å². The van der Waals surface area contributed by atoms with E-state index in [4.69, 9.17) is 4.74 Å². The molecule has 0 aliphatic carbocycles. The van der Waals surface area contributed by atoms with Crippen molar-refractivity contribution in [3.05, 3.63) is 58.7 Å². The molecule has 0 N–H and O–H groups in total. The van der Waals surface area contributed by atoms with Gasteiger partial charge in [-0.25, -0.2) is 0 Å². The molecule has 0 aliphatic heterocycles. The van der Waals surface area contributed by atoms with Gasteiger partial charge >= 0.3 is 0 Å². The quantitative estimate of drug-likeness (QED) is 0.657. The predicted molar refractivity (Wildman–Crippen MR) is 90.5 cm³/mol. The molecular weight excluding hydrogens is 256 g/mol. The summed E-state index contributed by atoms with van der Waals surface area (Å²) in [7, 11) is 0. The van der Waals surface area contributed by atoms with E-state index in [1.807, 2.05) is 0 Å². The van der Waals surface area contributed by atoms with E-state index in [1.165, 1.54) is 22.3 Å². The molecule has 112 valence electrons. The second-order valence-corrected chi connectivity index (χ2v) is 5.30. The van der Waals surface area contributed by atoms with Gasteiger partial charge in [-0.2, -0.15) is 0 Å². The van der Waals surface area contributed by atoms with Crippen molar-refractivity contribution in [2.45, 2.75) is 53.4 Å². The first-order chi connectivity index (χ1) is 10.2. The van der Waals surface area contributed by atoms with Gasteiger partial charge in [0.1, 0.15) is 11.5 Å². The van der Waals surface area contributed by atoms with Crippen molar-refractivity contribution in [1.82, 2.24) is 0 Å². The van der Waals surface area contributed by atoms with Gasteiger partial charge in [0.05, 0.1) is 0 Å². The Morgan fingerprint density at radius 2 is 1.05 bits per heavy atom. The van der Waals surface area contributed by atoms with Crippen LogP contribution < -0.4 is 4.74 Å². The van der Waals surface area contributed by atoms with E-state index >= 15 is 0 Å². The third-order valence-electron chi connectivity index (χ3n) is 4.15. The van der Waals surface area contributed by atoms with E-state index in [1.54, 1.807) is 0 Å². The average Bonchev–Trinajstić information content (AvgIpc) is 2.54. The lowest BCUT2D eigenvalue weighted by atomic mass is 10.0. The van der Waals surface area contributed by atoms with Crippen LogP contribution in [0.5, 0.6) is 11.5 Å². The summed E-state index contributed by atoms with van der Waals surface area (Å²) < 4.78 is 6.31. The molecule has 0 radical (unpaired) electrons. The molecule has 0 aliphatic rings. The predicted octanol–water partition coefficient (Wildman–Crippen LogP) is 5.73. The van der Waals surface area contributed by atoms with E-state index in [0.29, 0.717) is 0 Å². The lowest BCUT2D eigenvalue weighted by Gasteiger charge is -2.17. The summed E-state index contributed by atoms with van der Waals surface area (Å²) >= 11 is 0. The largest absolute Gasteiger partial charge is 0.457 e. The van der Waals surface area contributed by atoms with Gasteiger partial charge < -0.3 is 4.74 Å². The smallest absolute Gasteiger partial charge is 0.130 e. The molecule has 2 aromatic rings. The molecule has 0 spiro atoms. The molecule has 2 rings (SSSR count). The maximum absolute atomic E-state index is 6.31. The maximum Gasteiger partial charge on any atom is 0.130 e. The van der Waals surface area contributed by atoms with Gasteiger partial charge in [0.2, 0.25) is 0 Å². The molecule has 0 heterocycles. The highest BCUT2D eigenvalue weighted by molar-refractivity contribution is 5.47. The monoisotopic (exact) mass is 282 g/mol. The van der Waals surface area contributed by atoms with Crippen LogP contribution in [0.2, 0.25) is 0 Å². The van der Waals surface area contributed by atoms with Crippen LogP contribution >= 0.6 is 0 Å². The Kier molecular flexibility index (Phi) is 5.44. The summed E-state index contributed by atoms with van der Waals surface area (Å²) in [6.45, 7) is 8.80. The second kappa shape index (κ2) is 7.31. The van der Waals surface area contributed by atoms with Gasteiger partial charge in [-0.1, -0.05) is 52.0 Å². The Hall–Kier alpha value is -1.76. The van der Waals surface area contributed by atoms with Crippen LogP contribution in [0.1, 0.15) is 49.9 Å². The lowest BCUT2D eigenvalue weighted by Crippen LogP contribution is -1.99. The van der Waals surface area contributed by atoms with Gasteiger partial charge in [0, 0.05) is 0 Å². The molecule has 1 heteroatoms. The van der Waals surface area contributed by atoms with Crippen molar-refractivity contribution in [3.63, 3.8) is 0 Å². The van der Waals surface area contributed by atoms with Gasteiger partial charge in [-0.3, -0.25) is 0 Å². The van der Waals surface area contributed by atoms with Crippen LogP contribution in [0.25, 0.3) is 0 Å². The van der Waals surface area contributed by atoms with Crippen molar-refractivity contribution in [3.8, 4) is 11.5 Å². The zero-order valence-electron chi connectivity index (χ0n) is 13.7. The lowest BCUT2D eigenvalue weighted by molar-refractivity contribution is 0.469. The van der Waals surface area contributed by atoms with Crippen molar-refractivity contribution >= 4 is 0 Å². The minimum atomic E-state index is 1.01. The summed E-state index contributed by atoms with van der Waals surface area (Å²) in [5.74, 6) is 2.03. The molecule has 0 unspecified atom stereocenters. The number of ether oxygens (including phenoxy) is 1. The van der Waals surface area contributed by atoms with Gasteiger partial charge in [-0.05, 0) is 60.1 Å². The molecule has 0 saturated heterocycles. The summed E-state index contributed by atoms with van der Waals surface area (Å²) in [6.07, 6.45) is 4.12. The molecule has 0 fully saturated rings. The van der Waals surface area contributed by atoms with Gasteiger partial charge in [0.25, 0.3) is 0 Å². The van der Waals surface area contributed by atoms with E-state index < -0.39 is 0 Å². The molecule has 0 saturated carbocycles. The normalized spacial score (nSPS) is 10.7. The van der Waals surface area contributed by atoms with Crippen LogP contribution in [-0.4, -0.2) is 0 Å². The minimum Gasteiger partial charge on any atom is -0.457 e. The molecule has 1 nitrogen and oxygen atoms in total. The van der Waals surface area contributed by atoms with E-state index in [9.17, 15) is 0 Å². The Balaban J connectivity index is 2.43. The van der Waals surface area contributed by atoms with Crippen LogP contribution in [0, 0.1) is 0 Å². The molecule has 0 atom stereocenters. The zero-order valence-corrected chi connectivity index (χ0v) is 13.7. The highest BCUT2D eigenvalue weighted by atomic mass is 16.5. The SMILES string of the molecule is CCc1cccc(Oc2cccc(CC)c2CC)c1CC. The fourth-order valence-corrected chi connectivity index (χ4v) is 3.00. The number of hydrogen-bond acceptors (Lipinski definition) is 1. The van der Waals surface area contributed by atoms with Crippen LogP contribution in [0.3, 0.4) is 0 Å². The van der Waals surface area contributed by atoms with Crippen LogP contribution in [0.4, 0.5) is 0 Å². The average molecular weight is 282 g/mol. The first-order valence-corrected chi connectivity index (χ1v) is 8.14. The number of aryl methyl sites for hydroxylation is 2. The summed E-state index contributed by atoms with van der Waals surface area (Å²) in [5, 5.41) is 0. The maximum atomic E-state index is 6.31. The van der Waals surface area contributed by atoms with Crippen molar-refractivity contribution in [1.29, 1.82) is 0 Å². The van der Waals surface area contributed by atoms with Crippen molar-refractivity contribution < 1.29 is 4.74 Å². The molecular formula is C20H26O. The Morgan fingerprint density at radius 1 is 0.619 bits per heavy atom.